The van der Waals surface area contributed by atoms with Crippen molar-refractivity contribution < 1.29 is 15.0 Å². The van der Waals surface area contributed by atoms with Crippen LogP contribution in [0.1, 0.15) is 29.3 Å². The molecule has 0 bridgehead atoms. The molecule has 4 N–H and O–H groups in total. The Bertz CT molecular complexity index is 923. The highest BCUT2D eigenvalue weighted by molar-refractivity contribution is 5.92. The average molecular weight is 369 g/mol. The third-order valence-corrected chi connectivity index (χ3v) is 5.74. The van der Waals surface area contributed by atoms with E-state index in [-0.39, 0.29) is 0 Å². The lowest BCUT2D eigenvalue weighted by Crippen LogP contribution is -2.30. The Kier molecular flexibility index (Phi) is 4.39. The number of carbonyl (C=O) groups is 1. The van der Waals surface area contributed by atoms with E-state index in [1.165, 1.54) is 6.42 Å². The second kappa shape index (κ2) is 6.74. The first-order valence-electron chi connectivity index (χ1n) is 9.29. The molecule has 0 spiro atoms. The van der Waals surface area contributed by atoms with Gasteiger partial charge < -0.3 is 25.4 Å². The average Bonchev–Trinajstić information content (AvgIpc) is 3.23. The molecule has 0 saturated carbocycles. The fourth-order valence-electron chi connectivity index (χ4n) is 4.32. The highest BCUT2D eigenvalue weighted by Gasteiger charge is 2.35. The molecule has 0 aliphatic carbocycles. The van der Waals surface area contributed by atoms with Gasteiger partial charge in [-0.2, -0.15) is 0 Å². The van der Waals surface area contributed by atoms with Gasteiger partial charge in [0.25, 0.3) is 5.56 Å². The van der Waals surface area contributed by atoms with Crippen LogP contribution in [0.3, 0.4) is 0 Å². The summed E-state index contributed by atoms with van der Waals surface area (Å²) in [6.07, 6.45) is 1.62. The van der Waals surface area contributed by atoms with Gasteiger partial charge in [-0.25, -0.2) is 4.79 Å². The van der Waals surface area contributed by atoms with E-state index in [1.807, 2.05) is 31.2 Å². The minimum Gasteiger partial charge on any atom is -0.506 e. The highest BCUT2D eigenvalue weighted by Crippen LogP contribution is 2.33. The van der Waals surface area contributed by atoms with Gasteiger partial charge in [0.1, 0.15) is 5.75 Å². The molecule has 1 aromatic carbocycles. The number of hydrogen-bond donors (Lipinski definition) is 4. The van der Waals surface area contributed by atoms with Crippen molar-refractivity contribution in [1.82, 2.24) is 10.3 Å². The Balaban J connectivity index is 1.66. The van der Waals surface area contributed by atoms with Gasteiger partial charge >= 0.3 is 5.97 Å². The third kappa shape index (κ3) is 2.98. The van der Waals surface area contributed by atoms with E-state index in [9.17, 15) is 14.7 Å². The third-order valence-electron chi connectivity index (χ3n) is 5.74. The number of aromatic hydroxyl groups is 1. The molecule has 2 unspecified atom stereocenters. The Labute approximate surface area is 156 Å². The first-order valence-corrected chi connectivity index (χ1v) is 9.29. The maximum Gasteiger partial charge on any atom is 0.345 e. The van der Waals surface area contributed by atoms with Crippen LogP contribution in [-0.2, 0) is 6.42 Å². The topological polar surface area (TPSA) is 106 Å². The zero-order valence-electron chi connectivity index (χ0n) is 15.2. The van der Waals surface area contributed by atoms with E-state index in [1.54, 1.807) is 0 Å². The Hall–Kier alpha value is -2.80. The predicted octanol–water partition coefficient (Wildman–Crippen LogP) is 1.81. The summed E-state index contributed by atoms with van der Waals surface area (Å²) in [5, 5.41) is 23.0. The summed E-state index contributed by atoms with van der Waals surface area (Å²) in [6, 6.07) is 8.39. The summed E-state index contributed by atoms with van der Waals surface area (Å²) in [5.74, 6) is -1.18. The van der Waals surface area contributed by atoms with Gasteiger partial charge in [-0.3, -0.25) is 4.79 Å². The van der Waals surface area contributed by atoms with Crippen LogP contribution in [0.15, 0.2) is 29.1 Å². The Morgan fingerprint density at radius 3 is 2.63 bits per heavy atom. The molecular weight excluding hydrogens is 346 g/mol. The van der Waals surface area contributed by atoms with Crippen molar-refractivity contribution in [3.8, 4) is 17.0 Å². The van der Waals surface area contributed by atoms with Crippen molar-refractivity contribution in [2.24, 2.45) is 5.92 Å². The van der Waals surface area contributed by atoms with Crippen molar-refractivity contribution in [3.63, 3.8) is 0 Å². The number of nitrogens with zero attached hydrogens (tertiary/aromatic N) is 1. The van der Waals surface area contributed by atoms with Crippen LogP contribution in [-0.4, -0.2) is 46.8 Å². The van der Waals surface area contributed by atoms with Crippen molar-refractivity contribution in [2.75, 3.05) is 24.5 Å². The molecular formula is C20H23N3O4. The van der Waals surface area contributed by atoms with Gasteiger partial charge in [0.15, 0.2) is 5.56 Å². The minimum atomic E-state index is -1.43. The number of aromatic carboxylic acids is 1. The number of benzene rings is 1. The molecule has 2 aliphatic rings. The molecule has 2 saturated heterocycles. The number of nitrogens with one attached hydrogen (secondary N) is 2. The molecule has 2 atom stereocenters. The minimum absolute atomic E-state index is 0.404. The van der Waals surface area contributed by atoms with Crippen LogP contribution in [0.4, 0.5) is 5.69 Å². The van der Waals surface area contributed by atoms with Crippen LogP contribution in [0, 0.1) is 5.92 Å². The fraction of sp³-hybridized carbons (Fsp3) is 0.400. The lowest BCUT2D eigenvalue weighted by atomic mass is 10.0. The second-order valence-electron chi connectivity index (χ2n) is 7.25. The summed E-state index contributed by atoms with van der Waals surface area (Å²) in [7, 11) is 0. The monoisotopic (exact) mass is 369 g/mol. The zero-order valence-corrected chi connectivity index (χ0v) is 15.2. The first kappa shape index (κ1) is 17.6. The van der Waals surface area contributed by atoms with E-state index < -0.39 is 22.8 Å². The van der Waals surface area contributed by atoms with Gasteiger partial charge in [-0.15, -0.1) is 0 Å². The van der Waals surface area contributed by atoms with Gasteiger partial charge in [-0.1, -0.05) is 19.1 Å². The number of aromatic nitrogens is 1. The molecule has 1 aromatic heterocycles. The molecule has 7 nitrogen and oxygen atoms in total. The number of rotatable bonds is 4. The van der Waals surface area contributed by atoms with Gasteiger partial charge in [0.05, 0.1) is 5.69 Å². The Morgan fingerprint density at radius 2 is 2.00 bits per heavy atom. The zero-order chi connectivity index (χ0) is 19.1. The van der Waals surface area contributed by atoms with E-state index in [2.05, 4.69) is 15.2 Å². The maximum absolute atomic E-state index is 12.1. The summed E-state index contributed by atoms with van der Waals surface area (Å²) >= 11 is 0. The Morgan fingerprint density at radius 1 is 1.26 bits per heavy atom. The lowest BCUT2D eigenvalue weighted by molar-refractivity contribution is 0.0691. The van der Waals surface area contributed by atoms with E-state index in [0.29, 0.717) is 29.6 Å². The highest BCUT2D eigenvalue weighted by atomic mass is 16.4. The summed E-state index contributed by atoms with van der Waals surface area (Å²) in [5.41, 5.74) is 1.37. The maximum atomic E-state index is 12.1. The number of fused-ring (bicyclic) bond motifs is 1. The van der Waals surface area contributed by atoms with Crippen LogP contribution < -0.4 is 15.8 Å². The SMILES string of the molecule is CCc1c(-c2ccc(N3CC4CCNC4C3)cc2)[nH]c(=O)c(C(=O)O)c1O. The van der Waals surface area contributed by atoms with Crippen molar-refractivity contribution in [3.05, 3.63) is 45.7 Å². The molecule has 2 aromatic rings. The summed E-state index contributed by atoms with van der Waals surface area (Å²) < 4.78 is 0. The van der Waals surface area contributed by atoms with E-state index in [4.69, 9.17) is 5.11 Å². The van der Waals surface area contributed by atoms with E-state index >= 15 is 0 Å². The molecule has 0 amide bonds. The molecule has 4 rings (SSSR count). The number of hydrogen-bond acceptors (Lipinski definition) is 5. The van der Waals surface area contributed by atoms with Crippen LogP contribution >= 0.6 is 0 Å². The molecule has 0 radical (unpaired) electrons. The van der Waals surface area contributed by atoms with Crippen molar-refractivity contribution in [2.45, 2.75) is 25.8 Å². The van der Waals surface area contributed by atoms with Crippen molar-refractivity contribution >= 4 is 11.7 Å². The normalized spacial score (nSPS) is 21.4. The van der Waals surface area contributed by atoms with Crippen LogP contribution in [0.5, 0.6) is 5.75 Å². The van der Waals surface area contributed by atoms with Gasteiger partial charge in [0.2, 0.25) is 0 Å². The number of carboxylic acids is 1. The van der Waals surface area contributed by atoms with Crippen molar-refractivity contribution in [1.29, 1.82) is 0 Å². The molecule has 7 heteroatoms. The number of carboxylic acid groups (broad SMARTS) is 1. The molecule has 27 heavy (non-hydrogen) atoms. The summed E-state index contributed by atoms with van der Waals surface area (Å²) in [6.45, 7) is 4.95. The molecule has 2 aliphatic heterocycles. The smallest absolute Gasteiger partial charge is 0.345 e. The second-order valence-corrected chi connectivity index (χ2v) is 7.25. The number of aromatic amines is 1. The van der Waals surface area contributed by atoms with Crippen LogP contribution in [0.25, 0.3) is 11.3 Å². The van der Waals surface area contributed by atoms with Gasteiger partial charge in [-0.05, 0) is 43.0 Å². The lowest BCUT2D eigenvalue weighted by Gasteiger charge is -2.20. The quantitative estimate of drug-likeness (QED) is 0.655. The van der Waals surface area contributed by atoms with E-state index in [0.717, 1.165) is 30.9 Å². The molecule has 142 valence electrons. The predicted molar refractivity (Wildman–Crippen MR) is 103 cm³/mol. The molecule has 2 fully saturated rings. The largest absolute Gasteiger partial charge is 0.506 e. The fourth-order valence-corrected chi connectivity index (χ4v) is 4.32. The molecule has 3 heterocycles. The van der Waals surface area contributed by atoms with Crippen LogP contribution in [0.2, 0.25) is 0 Å². The summed E-state index contributed by atoms with van der Waals surface area (Å²) in [4.78, 5) is 28.4. The number of H-pyrrole nitrogens is 1. The standard InChI is InChI=1S/C20H23N3O4/c1-2-14-17(22-19(25)16(18(14)24)20(26)27)11-3-5-13(6-4-11)23-9-12-7-8-21-15(12)10-23/h3-6,12,15,21H,2,7-10H2,1H3,(H,26,27)(H2,22,24,25). The number of anilines is 1. The van der Waals surface area contributed by atoms with Gasteiger partial charge in [0, 0.05) is 30.4 Å². The first-order chi connectivity index (χ1) is 13.0. The number of pyridine rings is 1.